The molecule has 1 aromatic carbocycles. The second-order valence-corrected chi connectivity index (χ2v) is 7.89. The van der Waals surface area contributed by atoms with Gasteiger partial charge < -0.3 is 4.90 Å². The minimum Gasteiger partial charge on any atom is -0.301 e. The summed E-state index contributed by atoms with van der Waals surface area (Å²) in [6.45, 7) is 13.2. The summed E-state index contributed by atoms with van der Waals surface area (Å²) >= 11 is 0. The van der Waals surface area contributed by atoms with E-state index in [-0.39, 0.29) is 0 Å². The number of hydrogen-bond acceptors (Lipinski definition) is 2. The third-order valence-electron chi connectivity index (χ3n) is 6.03. The minimum absolute atomic E-state index is 0.662. The first-order valence-electron chi connectivity index (χ1n) is 9.08. The lowest BCUT2D eigenvalue weighted by Gasteiger charge is -2.47. The smallest absolute Gasteiger partial charge is 0.0233 e. The Labute approximate surface area is 136 Å². The molecule has 0 bridgehead atoms. The maximum Gasteiger partial charge on any atom is 0.0233 e. The fourth-order valence-electron chi connectivity index (χ4n) is 4.15. The van der Waals surface area contributed by atoms with E-state index in [2.05, 4.69) is 54.8 Å². The molecule has 22 heavy (non-hydrogen) atoms. The van der Waals surface area contributed by atoms with Crippen LogP contribution < -0.4 is 0 Å². The van der Waals surface area contributed by atoms with Gasteiger partial charge in [0.1, 0.15) is 0 Å². The third kappa shape index (κ3) is 3.72. The first-order valence-corrected chi connectivity index (χ1v) is 9.08. The van der Waals surface area contributed by atoms with Gasteiger partial charge in [-0.3, -0.25) is 4.90 Å². The lowest BCUT2D eigenvalue weighted by molar-refractivity contribution is 0.0230. The number of benzene rings is 1. The van der Waals surface area contributed by atoms with E-state index >= 15 is 0 Å². The SMILES string of the molecule is Cc1ccc(CN2CCC3(CC2)CCN(C(C)C)CC3)cc1. The van der Waals surface area contributed by atoms with E-state index in [4.69, 9.17) is 0 Å². The molecule has 2 fully saturated rings. The fraction of sp³-hybridized carbons (Fsp3) is 0.700. The van der Waals surface area contributed by atoms with E-state index in [9.17, 15) is 0 Å². The summed E-state index contributed by atoms with van der Waals surface area (Å²) in [5.41, 5.74) is 3.49. The summed E-state index contributed by atoms with van der Waals surface area (Å²) in [4.78, 5) is 5.31. The van der Waals surface area contributed by atoms with Gasteiger partial charge in [-0.15, -0.1) is 0 Å². The number of nitrogens with zero attached hydrogens (tertiary/aromatic N) is 2. The normalized spacial score (nSPS) is 23.3. The van der Waals surface area contributed by atoms with Crippen molar-refractivity contribution in [2.75, 3.05) is 26.2 Å². The van der Waals surface area contributed by atoms with Gasteiger partial charge in [-0.1, -0.05) is 29.8 Å². The second-order valence-electron chi connectivity index (χ2n) is 7.89. The Balaban J connectivity index is 1.49. The average molecular weight is 300 g/mol. The van der Waals surface area contributed by atoms with Gasteiger partial charge in [-0.25, -0.2) is 0 Å². The highest BCUT2D eigenvalue weighted by molar-refractivity contribution is 5.21. The molecule has 0 N–H and O–H groups in total. The highest BCUT2D eigenvalue weighted by Gasteiger charge is 2.37. The lowest BCUT2D eigenvalue weighted by atomic mass is 9.71. The van der Waals surface area contributed by atoms with E-state index in [1.165, 1.54) is 63.0 Å². The van der Waals surface area contributed by atoms with Crippen molar-refractivity contribution >= 4 is 0 Å². The number of piperidine rings is 2. The van der Waals surface area contributed by atoms with E-state index in [0.717, 1.165) is 12.6 Å². The second kappa shape index (κ2) is 6.72. The zero-order valence-corrected chi connectivity index (χ0v) is 14.6. The van der Waals surface area contributed by atoms with Crippen LogP contribution in [0, 0.1) is 12.3 Å². The van der Waals surface area contributed by atoms with Crippen molar-refractivity contribution in [2.45, 2.75) is 59.0 Å². The largest absolute Gasteiger partial charge is 0.301 e. The number of hydrogen-bond donors (Lipinski definition) is 0. The lowest BCUT2D eigenvalue weighted by Crippen LogP contribution is -2.48. The van der Waals surface area contributed by atoms with Crippen molar-refractivity contribution in [3.63, 3.8) is 0 Å². The summed E-state index contributed by atoms with van der Waals surface area (Å²) in [7, 11) is 0. The van der Waals surface area contributed by atoms with Crippen LogP contribution in [0.25, 0.3) is 0 Å². The van der Waals surface area contributed by atoms with Gasteiger partial charge >= 0.3 is 0 Å². The van der Waals surface area contributed by atoms with Crippen LogP contribution >= 0.6 is 0 Å². The van der Waals surface area contributed by atoms with Gasteiger partial charge in [0, 0.05) is 12.6 Å². The maximum atomic E-state index is 2.66. The van der Waals surface area contributed by atoms with Crippen molar-refractivity contribution in [2.24, 2.45) is 5.41 Å². The Bertz CT molecular complexity index is 459. The van der Waals surface area contributed by atoms with E-state index < -0.39 is 0 Å². The Hall–Kier alpha value is -0.860. The molecule has 2 aliphatic heterocycles. The molecule has 0 amide bonds. The molecule has 1 spiro atoms. The molecular weight excluding hydrogens is 268 g/mol. The zero-order valence-electron chi connectivity index (χ0n) is 14.6. The van der Waals surface area contributed by atoms with Gasteiger partial charge in [0.15, 0.2) is 0 Å². The predicted octanol–water partition coefficient (Wildman–Crippen LogP) is 4.08. The summed E-state index contributed by atoms with van der Waals surface area (Å²) in [6.07, 6.45) is 5.66. The molecule has 2 saturated heterocycles. The quantitative estimate of drug-likeness (QED) is 0.830. The summed E-state index contributed by atoms with van der Waals surface area (Å²) in [5, 5.41) is 0. The molecule has 1 aromatic rings. The highest BCUT2D eigenvalue weighted by Crippen LogP contribution is 2.41. The van der Waals surface area contributed by atoms with Crippen LogP contribution in [0.3, 0.4) is 0 Å². The molecule has 0 radical (unpaired) electrons. The minimum atomic E-state index is 0.662. The third-order valence-corrected chi connectivity index (χ3v) is 6.03. The topological polar surface area (TPSA) is 6.48 Å². The van der Waals surface area contributed by atoms with Gasteiger partial charge in [0.05, 0.1) is 0 Å². The highest BCUT2D eigenvalue weighted by atomic mass is 15.2. The summed E-state index contributed by atoms with van der Waals surface area (Å²) in [5.74, 6) is 0. The van der Waals surface area contributed by atoms with Crippen molar-refractivity contribution in [3.8, 4) is 0 Å². The van der Waals surface area contributed by atoms with Gasteiger partial charge in [0.2, 0.25) is 0 Å². The Morgan fingerprint density at radius 1 is 0.909 bits per heavy atom. The van der Waals surface area contributed by atoms with Crippen LogP contribution in [0.4, 0.5) is 0 Å². The molecule has 2 heterocycles. The predicted molar refractivity (Wildman–Crippen MR) is 94.1 cm³/mol. The molecule has 2 heteroatoms. The number of aryl methyl sites for hydroxylation is 1. The van der Waals surface area contributed by atoms with Crippen LogP contribution in [-0.2, 0) is 6.54 Å². The van der Waals surface area contributed by atoms with E-state index in [1.54, 1.807) is 0 Å². The molecule has 0 atom stereocenters. The van der Waals surface area contributed by atoms with Crippen molar-refractivity contribution < 1.29 is 0 Å². The first-order chi connectivity index (χ1) is 10.6. The molecule has 0 aliphatic carbocycles. The van der Waals surface area contributed by atoms with Crippen LogP contribution in [0.1, 0.15) is 50.7 Å². The van der Waals surface area contributed by atoms with E-state index in [1.807, 2.05) is 0 Å². The molecule has 3 rings (SSSR count). The Morgan fingerprint density at radius 2 is 1.45 bits per heavy atom. The van der Waals surface area contributed by atoms with Gasteiger partial charge in [0.25, 0.3) is 0 Å². The molecule has 0 unspecified atom stereocenters. The first kappa shape index (κ1) is 16.0. The average Bonchev–Trinajstić information content (AvgIpc) is 2.52. The van der Waals surface area contributed by atoms with Crippen molar-refractivity contribution in [1.82, 2.24) is 9.80 Å². The monoisotopic (exact) mass is 300 g/mol. The molecule has 122 valence electrons. The van der Waals surface area contributed by atoms with Crippen LogP contribution in [0.5, 0.6) is 0 Å². The van der Waals surface area contributed by atoms with E-state index in [0.29, 0.717) is 5.41 Å². The fourth-order valence-corrected chi connectivity index (χ4v) is 4.15. The van der Waals surface area contributed by atoms with Crippen molar-refractivity contribution in [3.05, 3.63) is 35.4 Å². The molecular formula is C20H32N2. The van der Waals surface area contributed by atoms with Gasteiger partial charge in [-0.2, -0.15) is 0 Å². The standard InChI is InChI=1S/C20H32N2/c1-17(2)22-14-10-20(11-15-22)8-12-21(13-9-20)16-19-6-4-18(3)5-7-19/h4-7,17H,8-16H2,1-3H3. The molecule has 0 saturated carbocycles. The number of likely N-dealkylation sites (tertiary alicyclic amines) is 2. The maximum absolute atomic E-state index is 2.66. The Kier molecular flexibility index (Phi) is 4.89. The molecule has 2 nitrogen and oxygen atoms in total. The van der Waals surface area contributed by atoms with Crippen molar-refractivity contribution in [1.29, 1.82) is 0 Å². The van der Waals surface area contributed by atoms with Crippen LogP contribution in [-0.4, -0.2) is 42.0 Å². The number of rotatable bonds is 3. The Morgan fingerprint density at radius 3 is 2.00 bits per heavy atom. The van der Waals surface area contributed by atoms with Gasteiger partial charge in [-0.05, 0) is 83.6 Å². The van der Waals surface area contributed by atoms with Crippen LogP contribution in [0.2, 0.25) is 0 Å². The molecule has 2 aliphatic rings. The molecule has 0 aromatic heterocycles. The van der Waals surface area contributed by atoms with Crippen LogP contribution in [0.15, 0.2) is 24.3 Å². The zero-order chi connectivity index (χ0) is 15.6. The summed E-state index contributed by atoms with van der Waals surface area (Å²) in [6, 6.07) is 9.78. The summed E-state index contributed by atoms with van der Waals surface area (Å²) < 4.78 is 0.